The van der Waals surface area contributed by atoms with Crippen LogP contribution in [0.5, 0.6) is 5.75 Å². The van der Waals surface area contributed by atoms with Crippen LogP contribution in [0, 0.1) is 12.8 Å². The number of nitrogens with one attached hydrogen (secondary N) is 1. The number of phenolic OH excluding ortho intramolecular Hbond substituents is 1. The molecule has 4 nitrogen and oxygen atoms in total. The van der Waals surface area contributed by atoms with E-state index in [4.69, 9.17) is 5.73 Å². The number of phenols is 1. The Morgan fingerprint density at radius 1 is 1.24 bits per heavy atom. The summed E-state index contributed by atoms with van der Waals surface area (Å²) in [7, 11) is 0. The van der Waals surface area contributed by atoms with Crippen molar-refractivity contribution in [1.82, 2.24) is 10.2 Å². The van der Waals surface area contributed by atoms with E-state index in [1.165, 1.54) is 25.7 Å². The average Bonchev–Trinajstić information content (AvgIpc) is 3.02. The van der Waals surface area contributed by atoms with Crippen molar-refractivity contribution in [2.45, 2.75) is 38.6 Å². The van der Waals surface area contributed by atoms with Gasteiger partial charge in [-0.2, -0.15) is 0 Å². The lowest BCUT2D eigenvalue weighted by atomic mass is 9.86. The van der Waals surface area contributed by atoms with Crippen molar-refractivity contribution in [2.75, 3.05) is 31.9 Å². The molecule has 1 aliphatic carbocycles. The van der Waals surface area contributed by atoms with E-state index in [0.717, 1.165) is 37.3 Å². The van der Waals surface area contributed by atoms with Gasteiger partial charge in [-0.25, -0.2) is 0 Å². The predicted octanol–water partition coefficient (Wildman–Crippen LogP) is 2.42. The van der Waals surface area contributed by atoms with Crippen LogP contribution >= 0.6 is 0 Å². The first kappa shape index (κ1) is 14.7. The van der Waals surface area contributed by atoms with Crippen LogP contribution in [0.2, 0.25) is 0 Å². The molecule has 1 aromatic carbocycles. The number of piperazine rings is 1. The number of hydrogen-bond donors (Lipinski definition) is 3. The topological polar surface area (TPSA) is 61.5 Å². The molecule has 21 heavy (non-hydrogen) atoms. The number of aromatic hydroxyl groups is 1. The Labute approximate surface area is 127 Å². The number of aryl methyl sites for hydroxylation is 1. The van der Waals surface area contributed by atoms with Gasteiger partial charge in [-0.1, -0.05) is 18.9 Å². The molecule has 2 aliphatic rings. The summed E-state index contributed by atoms with van der Waals surface area (Å²) in [5.41, 5.74) is 8.72. The van der Waals surface area contributed by atoms with Gasteiger partial charge in [0.25, 0.3) is 0 Å². The Morgan fingerprint density at radius 2 is 1.90 bits per heavy atom. The van der Waals surface area contributed by atoms with Crippen LogP contribution < -0.4 is 11.1 Å². The van der Waals surface area contributed by atoms with Crippen LogP contribution in [0.25, 0.3) is 0 Å². The molecular weight excluding hydrogens is 262 g/mol. The van der Waals surface area contributed by atoms with Crippen molar-refractivity contribution in [2.24, 2.45) is 5.92 Å². The molecule has 1 saturated carbocycles. The minimum absolute atomic E-state index is 0.311. The minimum atomic E-state index is 0.311. The molecule has 1 aromatic rings. The molecule has 0 unspecified atom stereocenters. The quantitative estimate of drug-likeness (QED) is 0.591. The van der Waals surface area contributed by atoms with E-state index in [0.29, 0.717) is 23.4 Å². The van der Waals surface area contributed by atoms with Crippen molar-refractivity contribution in [1.29, 1.82) is 0 Å². The summed E-state index contributed by atoms with van der Waals surface area (Å²) in [4.78, 5) is 2.55. The molecule has 4 heteroatoms. The smallest absolute Gasteiger partial charge is 0.143 e. The van der Waals surface area contributed by atoms with Crippen LogP contribution in [0.3, 0.4) is 0 Å². The van der Waals surface area contributed by atoms with Crippen LogP contribution in [0.1, 0.15) is 42.9 Å². The molecule has 0 bridgehead atoms. The molecule has 116 valence electrons. The monoisotopic (exact) mass is 289 g/mol. The zero-order chi connectivity index (χ0) is 14.8. The fourth-order valence-electron chi connectivity index (χ4n) is 4.05. The van der Waals surface area contributed by atoms with Gasteiger partial charge in [-0.05, 0) is 37.3 Å². The van der Waals surface area contributed by atoms with E-state index in [-0.39, 0.29) is 0 Å². The summed E-state index contributed by atoms with van der Waals surface area (Å²) >= 11 is 0. The van der Waals surface area contributed by atoms with Gasteiger partial charge in [0, 0.05) is 37.8 Å². The van der Waals surface area contributed by atoms with Crippen LogP contribution in [0.15, 0.2) is 12.1 Å². The molecule has 0 radical (unpaired) electrons. The third-order valence-electron chi connectivity index (χ3n) is 5.15. The van der Waals surface area contributed by atoms with Crippen LogP contribution in [-0.4, -0.2) is 36.2 Å². The molecule has 1 heterocycles. The number of nitrogen functional groups attached to an aromatic ring is 1. The molecular formula is C17H27N3O. The van der Waals surface area contributed by atoms with E-state index in [1.54, 1.807) is 0 Å². The van der Waals surface area contributed by atoms with Gasteiger partial charge in [0.1, 0.15) is 5.75 Å². The molecule has 2 fully saturated rings. The lowest BCUT2D eigenvalue weighted by Gasteiger charge is -2.39. The average molecular weight is 289 g/mol. The number of benzene rings is 1. The maximum Gasteiger partial charge on any atom is 0.143 e. The van der Waals surface area contributed by atoms with E-state index < -0.39 is 0 Å². The molecule has 0 spiro atoms. The van der Waals surface area contributed by atoms with Crippen molar-refractivity contribution >= 4 is 5.69 Å². The van der Waals surface area contributed by atoms with Crippen molar-refractivity contribution in [3.05, 3.63) is 23.3 Å². The summed E-state index contributed by atoms with van der Waals surface area (Å²) in [6.07, 6.45) is 5.16. The zero-order valence-electron chi connectivity index (χ0n) is 12.9. The number of hydrogen-bond acceptors (Lipinski definition) is 4. The van der Waals surface area contributed by atoms with Gasteiger partial charge in [0.2, 0.25) is 0 Å². The van der Waals surface area contributed by atoms with Crippen molar-refractivity contribution in [3.63, 3.8) is 0 Å². The van der Waals surface area contributed by atoms with Crippen LogP contribution in [0.4, 0.5) is 5.69 Å². The van der Waals surface area contributed by atoms with Gasteiger partial charge in [0.15, 0.2) is 0 Å². The third-order valence-corrected chi connectivity index (χ3v) is 5.15. The molecule has 1 saturated heterocycles. The highest BCUT2D eigenvalue weighted by Gasteiger charge is 2.34. The summed E-state index contributed by atoms with van der Waals surface area (Å²) in [6, 6.07) is 4.18. The number of anilines is 1. The first-order valence-corrected chi connectivity index (χ1v) is 8.21. The van der Waals surface area contributed by atoms with Crippen molar-refractivity contribution in [3.8, 4) is 5.75 Å². The standard InChI is InChI=1S/C17H27N3O/c1-12-6-7-14(18)17(21)15(12)16(13-4-2-3-5-13)20-10-8-19-9-11-20/h6-7,13,16,19,21H,2-5,8-11,18H2,1H3/t16-/m0/s1. The zero-order valence-corrected chi connectivity index (χ0v) is 12.9. The normalized spacial score (nSPS) is 22.5. The Balaban J connectivity index is 1.99. The predicted molar refractivity (Wildman–Crippen MR) is 86.4 cm³/mol. The lowest BCUT2D eigenvalue weighted by molar-refractivity contribution is 0.123. The summed E-state index contributed by atoms with van der Waals surface area (Å²) < 4.78 is 0. The maximum atomic E-state index is 10.6. The highest BCUT2D eigenvalue weighted by atomic mass is 16.3. The van der Waals surface area contributed by atoms with Gasteiger partial charge in [-0.15, -0.1) is 0 Å². The fourth-order valence-corrected chi connectivity index (χ4v) is 4.05. The van der Waals surface area contributed by atoms with Gasteiger partial charge >= 0.3 is 0 Å². The maximum absolute atomic E-state index is 10.6. The Hall–Kier alpha value is -1.26. The third kappa shape index (κ3) is 2.87. The SMILES string of the molecule is Cc1ccc(N)c(O)c1[C@H](C1CCCC1)N1CCNCC1. The van der Waals surface area contributed by atoms with Gasteiger partial charge in [0.05, 0.1) is 5.69 Å². The second kappa shape index (κ2) is 6.24. The first-order valence-electron chi connectivity index (χ1n) is 8.21. The second-order valence-corrected chi connectivity index (χ2v) is 6.51. The van der Waals surface area contributed by atoms with Gasteiger partial charge < -0.3 is 16.2 Å². The summed E-state index contributed by atoms with van der Waals surface area (Å²) in [5, 5.41) is 14.0. The molecule has 0 aromatic heterocycles. The molecule has 1 aliphatic heterocycles. The first-order chi connectivity index (χ1) is 10.2. The Morgan fingerprint density at radius 3 is 2.57 bits per heavy atom. The fraction of sp³-hybridized carbons (Fsp3) is 0.647. The summed E-state index contributed by atoms with van der Waals surface area (Å²) in [6.45, 7) is 6.26. The Kier molecular flexibility index (Phi) is 4.36. The minimum Gasteiger partial charge on any atom is -0.505 e. The number of nitrogens with two attached hydrogens (primary N) is 1. The molecule has 0 amide bonds. The molecule has 4 N–H and O–H groups in total. The van der Waals surface area contributed by atoms with E-state index in [2.05, 4.69) is 23.2 Å². The van der Waals surface area contributed by atoms with Crippen LogP contribution in [-0.2, 0) is 0 Å². The summed E-state index contributed by atoms with van der Waals surface area (Å²) in [5.74, 6) is 0.958. The van der Waals surface area contributed by atoms with Gasteiger partial charge in [-0.3, -0.25) is 4.90 Å². The number of rotatable bonds is 3. The number of nitrogens with zero attached hydrogens (tertiary/aromatic N) is 1. The molecule has 3 rings (SSSR count). The van der Waals surface area contributed by atoms with Crippen molar-refractivity contribution < 1.29 is 5.11 Å². The van der Waals surface area contributed by atoms with E-state index in [9.17, 15) is 5.11 Å². The largest absolute Gasteiger partial charge is 0.505 e. The lowest BCUT2D eigenvalue weighted by Crippen LogP contribution is -2.46. The van der Waals surface area contributed by atoms with E-state index >= 15 is 0 Å². The highest BCUT2D eigenvalue weighted by Crippen LogP contribution is 2.45. The highest BCUT2D eigenvalue weighted by molar-refractivity contribution is 5.59. The second-order valence-electron chi connectivity index (χ2n) is 6.51. The molecule has 1 atom stereocenters. The van der Waals surface area contributed by atoms with E-state index in [1.807, 2.05) is 6.07 Å². The Bertz CT molecular complexity index is 491.